The number of halogens is 1. The van der Waals surface area contributed by atoms with Crippen molar-refractivity contribution in [3.8, 4) is 5.75 Å². The number of guanidine groups is 1. The second-order valence-corrected chi connectivity index (χ2v) is 5.41. The molecule has 1 atom stereocenters. The fraction of sp³-hybridized carbons (Fsp3) is 0.250. The van der Waals surface area contributed by atoms with Crippen molar-refractivity contribution >= 4 is 29.9 Å². The molecule has 134 valence electrons. The van der Waals surface area contributed by atoms with Gasteiger partial charge < -0.3 is 15.4 Å². The Balaban J connectivity index is 0.00000312. The summed E-state index contributed by atoms with van der Waals surface area (Å²) in [7, 11) is 1.77. The zero-order valence-corrected chi connectivity index (χ0v) is 17.1. The van der Waals surface area contributed by atoms with Gasteiger partial charge in [0.1, 0.15) is 12.4 Å². The molecule has 0 saturated heterocycles. The van der Waals surface area contributed by atoms with E-state index in [9.17, 15) is 0 Å². The standard InChI is InChI=1S/C20H25N3O.HI/c1-4-14-24-19-13-9-8-12-18(19)15-22-20(21-3)23-16(2)17-10-6-5-7-11-17;/h4-13,16H,1,14-15H2,2-3H3,(H2,21,22,23);1H. The Morgan fingerprint density at radius 2 is 1.84 bits per heavy atom. The lowest BCUT2D eigenvalue weighted by Gasteiger charge is -2.19. The lowest BCUT2D eigenvalue weighted by atomic mass is 10.1. The summed E-state index contributed by atoms with van der Waals surface area (Å²) in [4.78, 5) is 4.30. The number of ether oxygens (including phenoxy) is 1. The quantitative estimate of drug-likeness (QED) is 0.286. The molecule has 0 bridgehead atoms. The molecule has 0 spiro atoms. The van der Waals surface area contributed by atoms with Crippen molar-refractivity contribution in [2.24, 2.45) is 4.99 Å². The highest BCUT2D eigenvalue weighted by molar-refractivity contribution is 14.0. The first-order valence-corrected chi connectivity index (χ1v) is 8.08. The summed E-state index contributed by atoms with van der Waals surface area (Å²) >= 11 is 0. The van der Waals surface area contributed by atoms with Crippen molar-refractivity contribution in [1.82, 2.24) is 10.6 Å². The van der Waals surface area contributed by atoms with Crippen LogP contribution in [0.3, 0.4) is 0 Å². The van der Waals surface area contributed by atoms with E-state index in [2.05, 4.69) is 41.3 Å². The van der Waals surface area contributed by atoms with Crippen LogP contribution in [-0.4, -0.2) is 19.6 Å². The molecule has 0 radical (unpaired) electrons. The molecular formula is C20H26IN3O. The zero-order chi connectivity index (χ0) is 17.2. The van der Waals surface area contributed by atoms with Gasteiger partial charge in [0.25, 0.3) is 0 Å². The molecule has 2 rings (SSSR count). The molecule has 2 aromatic rings. The molecule has 0 heterocycles. The highest BCUT2D eigenvalue weighted by Gasteiger charge is 2.08. The molecule has 0 aliphatic rings. The minimum absolute atomic E-state index is 0. The molecule has 1 unspecified atom stereocenters. The normalized spacial score (nSPS) is 11.8. The topological polar surface area (TPSA) is 45.6 Å². The number of hydrogen-bond acceptors (Lipinski definition) is 2. The van der Waals surface area contributed by atoms with Gasteiger partial charge in [0.2, 0.25) is 0 Å². The number of benzene rings is 2. The van der Waals surface area contributed by atoms with Crippen LogP contribution >= 0.6 is 24.0 Å². The third-order valence-corrected chi connectivity index (χ3v) is 3.65. The molecule has 25 heavy (non-hydrogen) atoms. The van der Waals surface area contributed by atoms with Crippen LogP contribution in [0.15, 0.2) is 72.2 Å². The first-order valence-electron chi connectivity index (χ1n) is 8.08. The van der Waals surface area contributed by atoms with E-state index >= 15 is 0 Å². The zero-order valence-electron chi connectivity index (χ0n) is 14.7. The Bertz CT molecular complexity index is 674. The van der Waals surface area contributed by atoms with Crippen LogP contribution in [0, 0.1) is 0 Å². The maximum atomic E-state index is 5.68. The summed E-state index contributed by atoms with van der Waals surface area (Å²) in [5, 5.41) is 6.73. The van der Waals surface area contributed by atoms with E-state index < -0.39 is 0 Å². The minimum Gasteiger partial charge on any atom is -0.489 e. The molecular weight excluding hydrogens is 425 g/mol. The van der Waals surface area contributed by atoms with Crippen LogP contribution < -0.4 is 15.4 Å². The maximum absolute atomic E-state index is 5.68. The van der Waals surface area contributed by atoms with Crippen molar-refractivity contribution < 1.29 is 4.74 Å². The van der Waals surface area contributed by atoms with Gasteiger partial charge in [0.05, 0.1) is 6.04 Å². The first kappa shape index (κ1) is 21.0. The van der Waals surface area contributed by atoms with E-state index in [4.69, 9.17) is 4.74 Å². The van der Waals surface area contributed by atoms with Gasteiger partial charge in [0, 0.05) is 19.2 Å². The SMILES string of the molecule is C=CCOc1ccccc1CNC(=NC)NC(C)c1ccccc1.I. The van der Waals surface area contributed by atoms with Crippen molar-refractivity contribution in [3.05, 3.63) is 78.4 Å². The monoisotopic (exact) mass is 451 g/mol. The number of nitrogens with zero attached hydrogens (tertiary/aromatic N) is 1. The van der Waals surface area contributed by atoms with E-state index in [1.807, 2.05) is 42.5 Å². The molecule has 2 aromatic carbocycles. The predicted octanol–water partition coefficient (Wildman–Crippen LogP) is 4.30. The van der Waals surface area contributed by atoms with Gasteiger partial charge in [-0.2, -0.15) is 0 Å². The van der Waals surface area contributed by atoms with Crippen molar-refractivity contribution in [2.75, 3.05) is 13.7 Å². The van der Waals surface area contributed by atoms with E-state index in [0.717, 1.165) is 17.3 Å². The highest BCUT2D eigenvalue weighted by atomic mass is 127. The number of rotatable bonds is 7. The summed E-state index contributed by atoms with van der Waals surface area (Å²) in [5.41, 5.74) is 2.30. The second kappa shape index (κ2) is 11.5. The molecule has 2 N–H and O–H groups in total. The molecule has 0 saturated carbocycles. The van der Waals surface area contributed by atoms with Gasteiger partial charge in [-0.3, -0.25) is 4.99 Å². The molecule has 4 nitrogen and oxygen atoms in total. The van der Waals surface area contributed by atoms with E-state index in [-0.39, 0.29) is 30.0 Å². The number of aliphatic imine (C=N–C) groups is 1. The lowest BCUT2D eigenvalue weighted by molar-refractivity contribution is 0.358. The van der Waals surface area contributed by atoms with Gasteiger partial charge in [-0.05, 0) is 18.6 Å². The van der Waals surface area contributed by atoms with Gasteiger partial charge >= 0.3 is 0 Å². The Morgan fingerprint density at radius 3 is 2.52 bits per heavy atom. The summed E-state index contributed by atoms with van der Waals surface area (Å²) in [6.07, 6.45) is 1.74. The summed E-state index contributed by atoms with van der Waals surface area (Å²) in [6, 6.07) is 18.4. The van der Waals surface area contributed by atoms with Crippen LogP contribution in [0.5, 0.6) is 5.75 Å². The average Bonchev–Trinajstić information content (AvgIpc) is 2.64. The van der Waals surface area contributed by atoms with Crippen LogP contribution in [0.2, 0.25) is 0 Å². The van der Waals surface area contributed by atoms with Crippen LogP contribution in [0.25, 0.3) is 0 Å². The average molecular weight is 451 g/mol. The Hall–Kier alpha value is -2.02. The number of para-hydroxylation sites is 1. The number of nitrogens with one attached hydrogen (secondary N) is 2. The van der Waals surface area contributed by atoms with Crippen molar-refractivity contribution in [2.45, 2.75) is 19.5 Å². The summed E-state index contributed by atoms with van der Waals surface area (Å²) < 4.78 is 5.68. The molecule has 0 fully saturated rings. The molecule has 0 aromatic heterocycles. The van der Waals surface area contributed by atoms with Crippen LogP contribution in [0.4, 0.5) is 0 Å². The van der Waals surface area contributed by atoms with Crippen molar-refractivity contribution in [3.63, 3.8) is 0 Å². The first-order chi connectivity index (χ1) is 11.7. The Morgan fingerprint density at radius 1 is 1.16 bits per heavy atom. The predicted molar refractivity (Wildman–Crippen MR) is 116 cm³/mol. The van der Waals surface area contributed by atoms with E-state index in [1.54, 1.807) is 13.1 Å². The van der Waals surface area contributed by atoms with E-state index in [1.165, 1.54) is 5.56 Å². The Kier molecular flexibility index (Phi) is 9.69. The van der Waals surface area contributed by atoms with Crippen molar-refractivity contribution in [1.29, 1.82) is 0 Å². The fourth-order valence-corrected chi connectivity index (χ4v) is 2.34. The summed E-state index contributed by atoms with van der Waals surface area (Å²) in [6.45, 7) is 6.93. The lowest BCUT2D eigenvalue weighted by Crippen LogP contribution is -2.38. The van der Waals surface area contributed by atoms with Gasteiger partial charge in [-0.25, -0.2) is 0 Å². The van der Waals surface area contributed by atoms with Crippen LogP contribution in [-0.2, 0) is 6.54 Å². The fourth-order valence-electron chi connectivity index (χ4n) is 2.34. The Labute approximate surface area is 167 Å². The molecule has 0 aliphatic carbocycles. The van der Waals surface area contributed by atoms with Gasteiger partial charge in [-0.15, -0.1) is 24.0 Å². The molecule has 5 heteroatoms. The van der Waals surface area contributed by atoms with E-state index in [0.29, 0.717) is 13.2 Å². The summed E-state index contributed by atoms with van der Waals surface area (Å²) in [5.74, 6) is 1.61. The second-order valence-electron chi connectivity index (χ2n) is 5.41. The molecule has 0 amide bonds. The minimum atomic E-state index is 0. The maximum Gasteiger partial charge on any atom is 0.191 e. The highest BCUT2D eigenvalue weighted by Crippen LogP contribution is 2.17. The van der Waals surface area contributed by atoms with Gasteiger partial charge in [0.15, 0.2) is 5.96 Å². The molecule has 0 aliphatic heterocycles. The van der Waals surface area contributed by atoms with Crippen LogP contribution in [0.1, 0.15) is 24.1 Å². The largest absolute Gasteiger partial charge is 0.489 e. The third-order valence-electron chi connectivity index (χ3n) is 3.65. The van der Waals surface area contributed by atoms with Gasteiger partial charge in [-0.1, -0.05) is 61.2 Å². The smallest absolute Gasteiger partial charge is 0.191 e. The third kappa shape index (κ3) is 6.78. The number of hydrogen-bond donors (Lipinski definition) is 2.